The van der Waals surface area contributed by atoms with Gasteiger partial charge < -0.3 is 4.90 Å². The van der Waals surface area contributed by atoms with Crippen molar-refractivity contribution in [3.63, 3.8) is 0 Å². The lowest BCUT2D eigenvalue weighted by atomic mass is 10.1. The number of carbonyl (C=O) groups is 2. The molecule has 0 atom stereocenters. The lowest BCUT2D eigenvalue weighted by Crippen LogP contribution is -2.48. The summed E-state index contributed by atoms with van der Waals surface area (Å²) in [5.74, 6) is -0.370. The smallest absolute Gasteiger partial charge is 0.320 e. The van der Waals surface area contributed by atoms with Gasteiger partial charge in [-0.25, -0.2) is 4.79 Å². The first kappa shape index (κ1) is 13.4. The van der Waals surface area contributed by atoms with Crippen LogP contribution in [-0.4, -0.2) is 23.4 Å². The zero-order valence-corrected chi connectivity index (χ0v) is 9.83. The minimum absolute atomic E-state index is 0.0447. The molecule has 1 aliphatic rings. The molecule has 0 aliphatic carbocycles. The van der Waals surface area contributed by atoms with E-state index in [0.717, 1.165) is 12.1 Å². The van der Waals surface area contributed by atoms with E-state index in [2.05, 4.69) is 5.32 Å². The van der Waals surface area contributed by atoms with Crippen molar-refractivity contribution in [1.82, 2.24) is 10.2 Å². The zero-order valence-electron chi connectivity index (χ0n) is 9.83. The Kier molecular flexibility index (Phi) is 3.46. The largest absolute Gasteiger partial charge is 0.416 e. The third-order valence-electron chi connectivity index (χ3n) is 2.77. The molecule has 1 heterocycles. The van der Waals surface area contributed by atoms with Crippen LogP contribution in [-0.2, 0) is 17.5 Å². The Morgan fingerprint density at radius 1 is 1.26 bits per heavy atom. The molecule has 7 heteroatoms. The van der Waals surface area contributed by atoms with Crippen LogP contribution in [0.25, 0.3) is 0 Å². The summed E-state index contributed by atoms with van der Waals surface area (Å²) >= 11 is 0. The van der Waals surface area contributed by atoms with Crippen LogP contribution in [0.1, 0.15) is 17.5 Å². The Balaban J connectivity index is 2.11. The van der Waals surface area contributed by atoms with Crippen molar-refractivity contribution in [2.24, 2.45) is 0 Å². The molecule has 0 aromatic heterocycles. The number of rotatable bonds is 2. The summed E-state index contributed by atoms with van der Waals surface area (Å²) in [5, 5.41) is 2.12. The van der Waals surface area contributed by atoms with Gasteiger partial charge in [0.1, 0.15) is 0 Å². The first-order chi connectivity index (χ1) is 8.86. The average Bonchev–Trinajstić information content (AvgIpc) is 2.32. The van der Waals surface area contributed by atoms with E-state index >= 15 is 0 Å². The molecule has 1 fully saturated rings. The Hall–Kier alpha value is -2.05. The molecule has 1 aromatic rings. The van der Waals surface area contributed by atoms with E-state index in [4.69, 9.17) is 0 Å². The maximum atomic E-state index is 12.5. The molecule has 4 nitrogen and oxygen atoms in total. The van der Waals surface area contributed by atoms with Crippen LogP contribution in [0.3, 0.4) is 0 Å². The van der Waals surface area contributed by atoms with E-state index in [-0.39, 0.29) is 25.4 Å². The summed E-state index contributed by atoms with van der Waals surface area (Å²) in [6.07, 6.45) is -4.25. The van der Waals surface area contributed by atoms with Crippen LogP contribution < -0.4 is 5.32 Å². The molecule has 1 aliphatic heterocycles. The molecule has 0 bridgehead atoms. The molecule has 1 saturated heterocycles. The summed E-state index contributed by atoms with van der Waals surface area (Å²) in [5.41, 5.74) is -0.377. The van der Waals surface area contributed by atoms with E-state index in [1.807, 2.05) is 0 Å². The van der Waals surface area contributed by atoms with Gasteiger partial charge in [0.15, 0.2) is 0 Å². The minimum Gasteiger partial charge on any atom is -0.320 e. The maximum Gasteiger partial charge on any atom is 0.416 e. The second-order valence-corrected chi connectivity index (χ2v) is 4.22. The fourth-order valence-corrected chi connectivity index (χ4v) is 1.82. The molecule has 0 saturated carbocycles. The van der Waals surface area contributed by atoms with Gasteiger partial charge in [0, 0.05) is 19.5 Å². The van der Waals surface area contributed by atoms with Crippen LogP contribution in [0.2, 0.25) is 0 Å². The molecule has 1 N–H and O–H groups in total. The van der Waals surface area contributed by atoms with Crippen LogP contribution in [0, 0.1) is 0 Å². The Labute approximate surface area is 107 Å². The summed E-state index contributed by atoms with van der Waals surface area (Å²) in [4.78, 5) is 23.7. The predicted octanol–water partition coefficient (Wildman–Crippen LogP) is 2.15. The molecule has 0 radical (unpaired) electrons. The summed E-state index contributed by atoms with van der Waals surface area (Å²) < 4.78 is 37.6. The van der Waals surface area contributed by atoms with Gasteiger partial charge in [-0.3, -0.25) is 10.1 Å². The number of nitrogens with zero attached hydrogens (tertiary/aromatic N) is 1. The fraction of sp³-hybridized carbons (Fsp3) is 0.333. The van der Waals surface area contributed by atoms with Crippen LogP contribution in [0.5, 0.6) is 0 Å². The second kappa shape index (κ2) is 4.91. The van der Waals surface area contributed by atoms with Crippen molar-refractivity contribution >= 4 is 11.9 Å². The molecule has 0 unspecified atom stereocenters. The highest BCUT2D eigenvalue weighted by atomic mass is 19.4. The number of nitrogens with one attached hydrogen (secondary N) is 1. The number of amides is 3. The van der Waals surface area contributed by atoms with Gasteiger partial charge in [-0.15, -0.1) is 0 Å². The lowest BCUT2D eigenvalue weighted by molar-refractivity contribution is -0.137. The van der Waals surface area contributed by atoms with Crippen LogP contribution in [0.4, 0.5) is 18.0 Å². The number of alkyl halides is 3. The van der Waals surface area contributed by atoms with E-state index < -0.39 is 17.8 Å². The number of benzene rings is 1. The highest BCUT2D eigenvalue weighted by Crippen LogP contribution is 2.29. The third-order valence-corrected chi connectivity index (χ3v) is 2.77. The van der Waals surface area contributed by atoms with Gasteiger partial charge in [-0.1, -0.05) is 12.1 Å². The van der Waals surface area contributed by atoms with E-state index in [9.17, 15) is 22.8 Å². The van der Waals surface area contributed by atoms with Gasteiger partial charge in [-0.2, -0.15) is 13.2 Å². The summed E-state index contributed by atoms with van der Waals surface area (Å²) in [7, 11) is 0. The third kappa shape index (κ3) is 3.24. The number of carbonyl (C=O) groups excluding carboxylic acids is 2. The van der Waals surface area contributed by atoms with E-state index in [0.29, 0.717) is 5.56 Å². The number of hydrogen-bond acceptors (Lipinski definition) is 2. The van der Waals surface area contributed by atoms with Crippen LogP contribution >= 0.6 is 0 Å². The van der Waals surface area contributed by atoms with Gasteiger partial charge in [0.05, 0.1) is 5.56 Å². The Morgan fingerprint density at radius 2 is 2.00 bits per heavy atom. The van der Waals surface area contributed by atoms with Crippen molar-refractivity contribution in [3.05, 3.63) is 35.4 Å². The SMILES string of the molecule is O=C1CCN(Cc2cccc(C(F)(F)F)c2)C(=O)N1. The number of urea groups is 1. The lowest BCUT2D eigenvalue weighted by Gasteiger charge is -2.26. The molecule has 0 spiro atoms. The van der Waals surface area contributed by atoms with Crippen molar-refractivity contribution in [2.75, 3.05) is 6.54 Å². The molecule has 1 aromatic carbocycles. The maximum absolute atomic E-state index is 12.5. The number of imide groups is 1. The van der Waals surface area contributed by atoms with Gasteiger partial charge >= 0.3 is 12.2 Å². The molecule has 2 rings (SSSR count). The normalized spacial score (nSPS) is 16.5. The van der Waals surface area contributed by atoms with Gasteiger partial charge in [0.25, 0.3) is 0 Å². The van der Waals surface area contributed by atoms with E-state index in [1.54, 1.807) is 0 Å². The van der Waals surface area contributed by atoms with Gasteiger partial charge in [0.2, 0.25) is 5.91 Å². The van der Waals surface area contributed by atoms with Crippen molar-refractivity contribution < 1.29 is 22.8 Å². The standard InChI is InChI=1S/C12H11F3N2O2/c13-12(14,15)9-3-1-2-8(6-9)7-17-5-4-10(18)16-11(17)19/h1-3,6H,4-5,7H2,(H,16,18,19). The first-order valence-corrected chi connectivity index (χ1v) is 5.61. The van der Waals surface area contributed by atoms with Crippen molar-refractivity contribution in [3.8, 4) is 0 Å². The Morgan fingerprint density at radius 3 is 2.63 bits per heavy atom. The molecular formula is C12H11F3N2O2. The predicted molar refractivity (Wildman–Crippen MR) is 60.0 cm³/mol. The second-order valence-electron chi connectivity index (χ2n) is 4.22. The van der Waals surface area contributed by atoms with Crippen molar-refractivity contribution in [1.29, 1.82) is 0 Å². The summed E-state index contributed by atoms with van der Waals surface area (Å²) in [6, 6.07) is 4.21. The highest BCUT2D eigenvalue weighted by molar-refractivity contribution is 5.96. The first-order valence-electron chi connectivity index (χ1n) is 5.61. The number of hydrogen-bond donors (Lipinski definition) is 1. The van der Waals surface area contributed by atoms with Crippen molar-refractivity contribution in [2.45, 2.75) is 19.1 Å². The monoisotopic (exact) mass is 272 g/mol. The average molecular weight is 272 g/mol. The molecule has 3 amide bonds. The molecule has 19 heavy (non-hydrogen) atoms. The Bertz CT molecular complexity index is 514. The molecule has 102 valence electrons. The topological polar surface area (TPSA) is 49.4 Å². The minimum atomic E-state index is -4.41. The number of halogens is 3. The fourth-order valence-electron chi connectivity index (χ4n) is 1.82. The highest BCUT2D eigenvalue weighted by Gasteiger charge is 2.30. The van der Waals surface area contributed by atoms with E-state index in [1.165, 1.54) is 17.0 Å². The van der Waals surface area contributed by atoms with Gasteiger partial charge in [-0.05, 0) is 17.7 Å². The van der Waals surface area contributed by atoms with Crippen LogP contribution in [0.15, 0.2) is 24.3 Å². The summed E-state index contributed by atoms with van der Waals surface area (Å²) in [6.45, 7) is 0.254. The zero-order chi connectivity index (χ0) is 14.0. The molecular weight excluding hydrogens is 261 g/mol. The quantitative estimate of drug-likeness (QED) is 0.896.